The molecular formula is C21H25N3O2. The molecule has 1 N–H and O–H groups in total. The van der Waals surface area contributed by atoms with Crippen LogP contribution in [0.4, 0.5) is 11.5 Å². The molecule has 1 aliphatic rings. The minimum absolute atomic E-state index is 0.00802. The topological polar surface area (TPSA) is 62.3 Å². The van der Waals surface area contributed by atoms with Crippen LogP contribution >= 0.6 is 0 Å². The number of anilines is 2. The summed E-state index contributed by atoms with van der Waals surface area (Å²) in [5.41, 5.74) is 1.89. The zero-order valence-electron chi connectivity index (χ0n) is 15.4. The molecule has 3 rings (SSSR count). The van der Waals surface area contributed by atoms with Gasteiger partial charge in [0.25, 0.3) is 5.91 Å². The first-order valence-corrected chi connectivity index (χ1v) is 9.23. The van der Waals surface area contributed by atoms with Gasteiger partial charge in [0, 0.05) is 35.6 Å². The number of hydrogen-bond acceptors (Lipinski definition) is 4. The molecule has 1 aliphatic heterocycles. The summed E-state index contributed by atoms with van der Waals surface area (Å²) in [5, 5.41) is 2.88. The average molecular weight is 351 g/mol. The van der Waals surface area contributed by atoms with Gasteiger partial charge >= 0.3 is 0 Å². The molecule has 26 heavy (non-hydrogen) atoms. The van der Waals surface area contributed by atoms with E-state index in [1.807, 2.05) is 6.07 Å². The van der Waals surface area contributed by atoms with Crippen LogP contribution in [0.2, 0.25) is 0 Å². The predicted molar refractivity (Wildman–Crippen MR) is 104 cm³/mol. The van der Waals surface area contributed by atoms with Gasteiger partial charge in [-0.1, -0.05) is 6.92 Å². The molecular weight excluding hydrogens is 326 g/mol. The van der Waals surface area contributed by atoms with Crippen LogP contribution in [0, 0.1) is 0 Å². The first-order valence-electron chi connectivity index (χ1n) is 9.23. The lowest BCUT2D eigenvalue weighted by Crippen LogP contribution is -2.39. The van der Waals surface area contributed by atoms with Crippen molar-refractivity contribution < 1.29 is 9.59 Å². The SMILES string of the molecule is CCC1CCCCN1c1cc(C(=O)Nc2ccc(C(C)=O)cc2)ccn1. The number of ketones is 1. The van der Waals surface area contributed by atoms with Crippen LogP contribution < -0.4 is 10.2 Å². The first kappa shape index (κ1) is 18.1. The summed E-state index contributed by atoms with van der Waals surface area (Å²) < 4.78 is 0. The van der Waals surface area contributed by atoms with Gasteiger partial charge in [-0.3, -0.25) is 9.59 Å². The Kier molecular flexibility index (Phi) is 5.66. The highest BCUT2D eigenvalue weighted by atomic mass is 16.1. The monoisotopic (exact) mass is 351 g/mol. The predicted octanol–water partition coefficient (Wildman–Crippen LogP) is 4.31. The minimum Gasteiger partial charge on any atom is -0.354 e. The third-order valence-electron chi connectivity index (χ3n) is 4.95. The summed E-state index contributed by atoms with van der Waals surface area (Å²) in [6, 6.07) is 11.0. The van der Waals surface area contributed by atoms with Gasteiger partial charge in [0.2, 0.25) is 0 Å². The van der Waals surface area contributed by atoms with Crippen molar-refractivity contribution in [1.82, 2.24) is 4.98 Å². The molecule has 1 unspecified atom stereocenters. The maximum Gasteiger partial charge on any atom is 0.255 e. The van der Waals surface area contributed by atoms with E-state index in [0.29, 0.717) is 22.9 Å². The summed E-state index contributed by atoms with van der Waals surface area (Å²) in [4.78, 5) is 30.7. The van der Waals surface area contributed by atoms with Crippen molar-refractivity contribution in [3.63, 3.8) is 0 Å². The number of hydrogen-bond donors (Lipinski definition) is 1. The van der Waals surface area contributed by atoms with Gasteiger partial charge in [0.05, 0.1) is 0 Å². The molecule has 0 saturated carbocycles. The number of aromatic nitrogens is 1. The number of Topliss-reactive ketones (excluding diaryl/α,β-unsaturated/α-hetero) is 1. The number of piperidine rings is 1. The van der Waals surface area contributed by atoms with Gasteiger partial charge in [0.15, 0.2) is 5.78 Å². The highest BCUT2D eigenvalue weighted by molar-refractivity contribution is 6.05. The van der Waals surface area contributed by atoms with E-state index in [2.05, 4.69) is 22.1 Å². The van der Waals surface area contributed by atoms with Crippen LogP contribution in [-0.2, 0) is 0 Å². The Morgan fingerprint density at radius 1 is 1.15 bits per heavy atom. The minimum atomic E-state index is -0.172. The second kappa shape index (κ2) is 8.13. The average Bonchev–Trinajstić information content (AvgIpc) is 2.68. The normalized spacial score (nSPS) is 17.0. The molecule has 1 atom stereocenters. The Bertz CT molecular complexity index is 786. The van der Waals surface area contributed by atoms with Crippen molar-refractivity contribution >= 4 is 23.2 Å². The van der Waals surface area contributed by atoms with Gasteiger partial charge in [-0.25, -0.2) is 4.98 Å². The molecule has 1 fully saturated rings. The Morgan fingerprint density at radius 3 is 2.62 bits per heavy atom. The molecule has 1 saturated heterocycles. The zero-order chi connectivity index (χ0) is 18.5. The highest BCUT2D eigenvalue weighted by Crippen LogP contribution is 2.25. The fourth-order valence-electron chi connectivity index (χ4n) is 3.43. The van der Waals surface area contributed by atoms with Gasteiger partial charge in [-0.05, 0) is 69.0 Å². The quantitative estimate of drug-likeness (QED) is 0.816. The molecule has 1 aromatic heterocycles. The van der Waals surface area contributed by atoms with E-state index in [-0.39, 0.29) is 11.7 Å². The van der Waals surface area contributed by atoms with Crippen molar-refractivity contribution in [2.45, 2.75) is 45.6 Å². The van der Waals surface area contributed by atoms with Crippen LogP contribution in [0.5, 0.6) is 0 Å². The van der Waals surface area contributed by atoms with E-state index < -0.39 is 0 Å². The number of nitrogens with one attached hydrogen (secondary N) is 1. The van der Waals surface area contributed by atoms with Gasteiger partial charge < -0.3 is 10.2 Å². The molecule has 5 nitrogen and oxygen atoms in total. The summed E-state index contributed by atoms with van der Waals surface area (Å²) >= 11 is 0. The molecule has 1 aromatic carbocycles. The molecule has 1 amide bonds. The van der Waals surface area contributed by atoms with E-state index in [4.69, 9.17) is 0 Å². The number of carbonyl (C=O) groups excluding carboxylic acids is 2. The van der Waals surface area contributed by atoms with Gasteiger partial charge in [0.1, 0.15) is 5.82 Å². The highest BCUT2D eigenvalue weighted by Gasteiger charge is 2.22. The van der Waals surface area contributed by atoms with Crippen molar-refractivity contribution in [1.29, 1.82) is 0 Å². The molecule has 0 aliphatic carbocycles. The van der Waals surface area contributed by atoms with E-state index in [9.17, 15) is 9.59 Å². The molecule has 2 heterocycles. The maximum absolute atomic E-state index is 12.6. The Balaban J connectivity index is 1.74. The lowest BCUT2D eigenvalue weighted by molar-refractivity contribution is 0.101. The Morgan fingerprint density at radius 2 is 1.92 bits per heavy atom. The van der Waals surface area contributed by atoms with E-state index >= 15 is 0 Å². The first-order chi connectivity index (χ1) is 12.6. The number of carbonyl (C=O) groups is 2. The third kappa shape index (κ3) is 4.10. The lowest BCUT2D eigenvalue weighted by Gasteiger charge is -2.36. The number of pyridine rings is 1. The third-order valence-corrected chi connectivity index (χ3v) is 4.95. The van der Waals surface area contributed by atoms with Crippen LogP contribution in [0.3, 0.4) is 0 Å². The largest absolute Gasteiger partial charge is 0.354 e. The van der Waals surface area contributed by atoms with Crippen LogP contribution in [0.15, 0.2) is 42.6 Å². The van der Waals surface area contributed by atoms with Gasteiger partial charge in [-0.15, -0.1) is 0 Å². The van der Waals surface area contributed by atoms with Crippen molar-refractivity contribution in [2.75, 3.05) is 16.8 Å². The fourth-order valence-corrected chi connectivity index (χ4v) is 3.43. The summed E-state index contributed by atoms with van der Waals surface area (Å²) in [7, 11) is 0. The van der Waals surface area contributed by atoms with Gasteiger partial charge in [-0.2, -0.15) is 0 Å². The number of amides is 1. The van der Waals surface area contributed by atoms with Crippen LogP contribution in [0.1, 0.15) is 60.2 Å². The second-order valence-electron chi connectivity index (χ2n) is 6.74. The van der Waals surface area contributed by atoms with Crippen molar-refractivity contribution in [3.8, 4) is 0 Å². The number of rotatable bonds is 5. The Hall–Kier alpha value is -2.69. The maximum atomic E-state index is 12.6. The summed E-state index contributed by atoms with van der Waals surface area (Å²) in [6.07, 6.45) is 6.38. The summed E-state index contributed by atoms with van der Waals surface area (Å²) in [5.74, 6) is 0.707. The lowest BCUT2D eigenvalue weighted by atomic mass is 10.00. The van der Waals surface area contributed by atoms with Crippen LogP contribution in [-0.4, -0.2) is 29.3 Å². The van der Waals surface area contributed by atoms with Crippen molar-refractivity contribution in [2.24, 2.45) is 0 Å². The van der Waals surface area contributed by atoms with E-state index in [1.54, 1.807) is 36.5 Å². The zero-order valence-corrected chi connectivity index (χ0v) is 15.4. The van der Waals surface area contributed by atoms with Crippen molar-refractivity contribution in [3.05, 3.63) is 53.7 Å². The Labute approximate surface area is 154 Å². The molecule has 2 aromatic rings. The number of nitrogens with zero attached hydrogens (tertiary/aromatic N) is 2. The molecule has 0 radical (unpaired) electrons. The second-order valence-corrected chi connectivity index (χ2v) is 6.74. The molecule has 0 spiro atoms. The van der Waals surface area contributed by atoms with E-state index in [1.165, 1.54) is 19.8 Å². The molecule has 0 bridgehead atoms. The fraction of sp³-hybridized carbons (Fsp3) is 0.381. The van der Waals surface area contributed by atoms with Crippen LogP contribution in [0.25, 0.3) is 0 Å². The van der Waals surface area contributed by atoms with E-state index in [0.717, 1.165) is 25.2 Å². The molecule has 136 valence electrons. The smallest absolute Gasteiger partial charge is 0.255 e. The summed E-state index contributed by atoms with van der Waals surface area (Å²) in [6.45, 7) is 4.71. The standard InChI is InChI=1S/C21H25N3O2/c1-3-19-6-4-5-13-24(19)20-14-17(11-12-22-20)21(26)23-18-9-7-16(8-10-18)15(2)25/h7-12,14,19H,3-6,13H2,1-2H3,(H,23,26). The molecule has 5 heteroatoms. The number of benzene rings is 1.